The van der Waals surface area contributed by atoms with E-state index in [1.165, 1.54) is 38.6 Å². The first-order valence-corrected chi connectivity index (χ1v) is 16.7. The lowest BCUT2D eigenvalue weighted by Crippen LogP contribution is -2.37. The van der Waals surface area contributed by atoms with Gasteiger partial charge in [0.05, 0.1) is 22.8 Å². The number of hydrogen-bond donors (Lipinski definition) is 0. The van der Waals surface area contributed by atoms with E-state index in [9.17, 15) is 0 Å². The van der Waals surface area contributed by atoms with Gasteiger partial charge in [0.25, 0.3) is 0 Å². The summed E-state index contributed by atoms with van der Waals surface area (Å²) in [6.07, 6.45) is 11.8. The zero-order chi connectivity index (χ0) is 32.8. The summed E-state index contributed by atoms with van der Waals surface area (Å²) in [5.74, 6) is 0.904. The van der Waals surface area contributed by atoms with Gasteiger partial charge in [0.2, 0.25) is 5.96 Å². The molecule has 6 aromatic rings. The lowest BCUT2D eigenvalue weighted by atomic mass is 9.75. The Morgan fingerprint density at radius 3 is 2.10 bits per heavy atom. The maximum atomic E-state index is 5.46. The Morgan fingerprint density at radius 2 is 1.38 bits per heavy atom. The van der Waals surface area contributed by atoms with E-state index in [0.29, 0.717) is 0 Å². The molecule has 0 amide bonds. The number of allylic oxidation sites excluding steroid dienone is 5. The normalized spacial score (nSPS) is 18.8. The smallest absolute Gasteiger partial charge is 0.211 e. The van der Waals surface area contributed by atoms with Crippen molar-refractivity contribution in [2.45, 2.75) is 31.7 Å². The quantitative estimate of drug-likeness (QED) is 0.193. The van der Waals surface area contributed by atoms with Gasteiger partial charge in [0.15, 0.2) is 0 Å². The molecule has 48 heavy (non-hydrogen) atoms. The molecule has 2 heterocycles. The molecule has 3 nitrogen and oxygen atoms in total. The van der Waals surface area contributed by atoms with Gasteiger partial charge in [-0.15, -0.1) is 0 Å². The Balaban J connectivity index is 1.44. The van der Waals surface area contributed by atoms with Crippen molar-refractivity contribution in [3.63, 3.8) is 0 Å². The van der Waals surface area contributed by atoms with Crippen molar-refractivity contribution in [3.05, 3.63) is 186 Å². The lowest BCUT2D eigenvalue weighted by Gasteiger charge is -2.34. The van der Waals surface area contributed by atoms with Gasteiger partial charge < -0.3 is 4.90 Å². The Kier molecular flexibility index (Phi) is 7.33. The molecule has 0 radical (unpaired) electrons. The molecule has 234 valence electrons. The predicted octanol–water partition coefficient (Wildman–Crippen LogP) is 10.9. The second-order valence-corrected chi connectivity index (χ2v) is 13.4. The predicted molar refractivity (Wildman–Crippen MR) is 203 cm³/mol. The third-order valence-electron chi connectivity index (χ3n) is 10.1. The molecule has 1 aliphatic carbocycles. The number of nitrogens with zero attached hydrogens (tertiary/aromatic N) is 3. The minimum atomic E-state index is -0.238. The SMILES string of the molecule is C=C1/C=C\C=C/Cc2cc3c(cc2C1(C)C)c1cc(-c2ccccc2)ccc1n3C1=NC(c2ccccc2)=CC(c2ccccc2)N1C. The largest absolute Gasteiger partial charge is 0.334 e. The van der Waals surface area contributed by atoms with E-state index in [1.54, 1.807) is 0 Å². The topological polar surface area (TPSA) is 20.5 Å². The van der Waals surface area contributed by atoms with Crippen LogP contribution in [0.1, 0.15) is 42.1 Å². The second kappa shape index (κ2) is 11.8. The summed E-state index contributed by atoms with van der Waals surface area (Å²) in [4.78, 5) is 7.78. The highest BCUT2D eigenvalue weighted by atomic mass is 15.3. The minimum absolute atomic E-state index is 0.00844. The molecule has 1 atom stereocenters. The number of fused-ring (bicyclic) bond motifs is 4. The molecule has 1 aliphatic heterocycles. The van der Waals surface area contributed by atoms with Gasteiger partial charge in [-0.3, -0.25) is 4.57 Å². The van der Waals surface area contributed by atoms with Crippen LogP contribution in [0.4, 0.5) is 0 Å². The lowest BCUT2D eigenvalue weighted by molar-refractivity contribution is 0.422. The maximum Gasteiger partial charge on any atom is 0.211 e. The van der Waals surface area contributed by atoms with Gasteiger partial charge in [-0.2, -0.15) is 0 Å². The average Bonchev–Trinajstić information content (AvgIpc) is 3.46. The number of likely N-dealkylation sites (N-methyl/N-ethyl adjacent to an activating group) is 1. The van der Waals surface area contributed by atoms with Crippen LogP contribution in [0.25, 0.3) is 38.6 Å². The van der Waals surface area contributed by atoms with Crippen LogP contribution >= 0.6 is 0 Å². The molecule has 3 heteroatoms. The first kappa shape index (κ1) is 29.7. The molecule has 0 saturated heterocycles. The summed E-state index contributed by atoms with van der Waals surface area (Å²) in [5.41, 5.74) is 11.5. The average molecular weight is 622 g/mol. The van der Waals surface area contributed by atoms with E-state index in [-0.39, 0.29) is 11.5 Å². The summed E-state index contributed by atoms with van der Waals surface area (Å²) in [6, 6.07) is 43.7. The van der Waals surface area contributed by atoms with Crippen molar-refractivity contribution in [2.75, 3.05) is 7.05 Å². The van der Waals surface area contributed by atoms with Gasteiger partial charge in [-0.25, -0.2) is 4.99 Å². The molecule has 0 N–H and O–H groups in total. The van der Waals surface area contributed by atoms with E-state index in [1.807, 2.05) is 0 Å². The van der Waals surface area contributed by atoms with Crippen molar-refractivity contribution < 1.29 is 0 Å². The highest BCUT2D eigenvalue weighted by molar-refractivity contribution is 6.16. The molecule has 5 aromatic carbocycles. The van der Waals surface area contributed by atoms with E-state index in [0.717, 1.165) is 40.2 Å². The molecule has 8 rings (SSSR count). The van der Waals surface area contributed by atoms with Crippen LogP contribution in [0.2, 0.25) is 0 Å². The van der Waals surface area contributed by atoms with E-state index >= 15 is 0 Å². The Morgan fingerprint density at radius 1 is 0.708 bits per heavy atom. The Bertz CT molecular complexity index is 2300. The van der Waals surface area contributed by atoms with Gasteiger partial charge in [0, 0.05) is 28.8 Å². The van der Waals surface area contributed by atoms with Crippen molar-refractivity contribution in [1.82, 2.24) is 9.47 Å². The van der Waals surface area contributed by atoms with Crippen LogP contribution < -0.4 is 0 Å². The number of benzene rings is 5. The second-order valence-electron chi connectivity index (χ2n) is 13.4. The zero-order valence-electron chi connectivity index (χ0n) is 27.8. The van der Waals surface area contributed by atoms with Crippen LogP contribution in [-0.4, -0.2) is 22.5 Å². The van der Waals surface area contributed by atoms with Crippen LogP contribution in [-0.2, 0) is 11.8 Å². The fraction of sp³-hybridized carbons (Fsp3) is 0.133. The number of aliphatic imine (C=N–C) groups is 1. The van der Waals surface area contributed by atoms with Crippen molar-refractivity contribution in [3.8, 4) is 11.1 Å². The standard InChI is InChI=1S/C45H39N3/c1-31-17-9-5-16-24-36-28-43-38(29-39(36)45(31,2)3)37-27-35(32-18-10-6-11-19-32)25-26-41(37)48(43)44-46-40(33-20-12-7-13-21-33)30-42(47(44)4)34-22-14-8-15-23-34/h5-23,25-30,42H,1,24H2,2-4H3/b16-5-,17-9-. The monoisotopic (exact) mass is 621 g/mol. The summed E-state index contributed by atoms with van der Waals surface area (Å²) in [6.45, 7) is 9.10. The summed E-state index contributed by atoms with van der Waals surface area (Å²) >= 11 is 0. The van der Waals surface area contributed by atoms with Crippen molar-refractivity contribution in [2.24, 2.45) is 4.99 Å². The van der Waals surface area contributed by atoms with Crippen LogP contribution in [0.15, 0.2) is 169 Å². The molecular weight excluding hydrogens is 583 g/mol. The molecule has 0 fully saturated rings. The van der Waals surface area contributed by atoms with Gasteiger partial charge >= 0.3 is 0 Å². The minimum Gasteiger partial charge on any atom is -0.334 e. The number of rotatable bonds is 3. The van der Waals surface area contributed by atoms with E-state index in [4.69, 9.17) is 4.99 Å². The first-order chi connectivity index (χ1) is 23.4. The van der Waals surface area contributed by atoms with E-state index < -0.39 is 0 Å². The highest BCUT2D eigenvalue weighted by Gasteiger charge is 2.31. The van der Waals surface area contributed by atoms with Crippen molar-refractivity contribution in [1.29, 1.82) is 0 Å². The van der Waals surface area contributed by atoms with Gasteiger partial charge in [0.1, 0.15) is 0 Å². The van der Waals surface area contributed by atoms with Crippen LogP contribution in [0.3, 0.4) is 0 Å². The fourth-order valence-electron chi connectivity index (χ4n) is 7.27. The first-order valence-electron chi connectivity index (χ1n) is 16.7. The summed E-state index contributed by atoms with van der Waals surface area (Å²) in [7, 11) is 2.17. The van der Waals surface area contributed by atoms with Crippen molar-refractivity contribution >= 4 is 33.5 Å². The molecule has 1 aromatic heterocycles. The third-order valence-corrected chi connectivity index (χ3v) is 10.1. The van der Waals surface area contributed by atoms with Crippen LogP contribution in [0, 0.1) is 0 Å². The fourth-order valence-corrected chi connectivity index (χ4v) is 7.27. The molecule has 0 bridgehead atoms. The highest BCUT2D eigenvalue weighted by Crippen LogP contribution is 2.42. The number of aromatic nitrogens is 1. The Hall–Kier alpha value is -5.67. The zero-order valence-corrected chi connectivity index (χ0v) is 27.8. The maximum absolute atomic E-state index is 5.46. The molecule has 0 spiro atoms. The molecule has 1 unspecified atom stereocenters. The number of hydrogen-bond acceptors (Lipinski definition) is 2. The molecule has 2 aliphatic rings. The summed E-state index contributed by atoms with van der Waals surface area (Å²) in [5, 5.41) is 2.43. The summed E-state index contributed by atoms with van der Waals surface area (Å²) < 4.78 is 2.39. The van der Waals surface area contributed by atoms with Crippen LogP contribution in [0.5, 0.6) is 0 Å². The molecule has 0 saturated carbocycles. The molecular formula is C45H39N3. The third kappa shape index (κ3) is 5.03. The van der Waals surface area contributed by atoms with E-state index in [2.05, 4.69) is 189 Å². The Labute approximate surface area is 283 Å². The van der Waals surface area contributed by atoms with Gasteiger partial charge in [-0.1, -0.05) is 142 Å². The van der Waals surface area contributed by atoms with Gasteiger partial charge in [-0.05, 0) is 70.2 Å².